The number of tetrazole rings is 1. The first-order chi connectivity index (χ1) is 13.7. The summed E-state index contributed by atoms with van der Waals surface area (Å²) in [7, 11) is 1.68. The molecule has 0 N–H and O–H groups in total. The Kier molecular flexibility index (Phi) is 4.92. The molecule has 8 heteroatoms. The number of hydrogen-bond acceptors (Lipinski definition) is 6. The van der Waals surface area contributed by atoms with E-state index in [0.717, 1.165) is 35.8 Å². The van der Waals surface area contributed by atoms with Crippen molar-refractivity contribution >= 4 is 11.6 Å². The van der Waals surface area contributed by atoms with E-state index in [0.29, 0.717) is 18.7 Å². The minimum atomic E-state index is 0.0222. The number of piperazine rings is 1. The van der Waals surface area contributed by atoms with E-state index in [1.54, 1.807) is 11.8 Å². The molecule has 28 heavy (non-hydrogen) atoms. The number of amides is 1. The third kappa shape index (κ3) is 3.40. The number of aromatic nitrogens is 4. The average molecular weight is 378 g/mol. The Morgan fingerprint density at radius 1 is 1.04 bits per heavy atom. The highest BCUT2D eigenvalue weighted by molar-refractivity contribution is 5.95. The quantitative estimate of drug-likeness (QED) is 0.691. The van der Waals surface area contributed by atoms with Crippen LogP contribution in [0.25, 0.3) is 5.69 Å². The maximum Gasteiger partial charge on any atom is 0.254 e. The number of aryl methyl sites for hydroxylation is 1. The number of anilines is 1. The summed E-state index contributed by atoms with van der Waals surface area (Å²) in [5.41, 5.74) is 3.52. The molecule has 4 rings (SSSR count). The van der Waals surface area contributed by atoms with Gasteiger partial charge in [-0.3, -0.25) is 4.79 Å². The summed E-state index contributed by atoms with van der Waals surface area (Å²) in [6.07, 6.45) is 1.53. The first kappa shape index (κ1) is 18.0. The van der Waals surface area contributed by atoms with Crippen LogP contribution in [0.5, 0.6) is 5.75 Å². The van der Waals surface area contributed by atoms with Gasteiger partial charge in [-0.05, 0) is 47.2 Å². The second kappa shape index (κ2) is 7.67. The second-order valence-corrected chi connectivity index (χ2v) is 6.71. The molecule has 0 bridgehead atoms. The molecule has 0 spiro atoms. The van der Waals surface area contributed by atoms with Gasteiger partial charge in [0.2, 0.25) is 0 Å². The number of carbonyl (C=O) groups excluding carboxylic acids is 1. The highest BCUT2D eigenvalue weighted by atomic mass is 16.5. The van der Waals surface area contributed by atoms with E-state index in [-0.39, 0.29) is 5.91 Å². The molecule has 0 saturated carbocycles. The van der Waals surface area contributed by atoms with E-state index < -0.39 is 0 Å². The van der Waals surface area contributed by atoms with Crippen LogP contribution in [0.1, 0.15) is 15.9 Å². The van der Waals surface area contributed by atoms with Gasteiger partial charge in [0.15, 0.2) is 0 Å². The number of para-hydroxylation sites is 2. The number of nitrogens with zero attached hydrogens (tertiary/aromatic N) is 6. The Morgan fingerprint density at radius 3 is 2.54 bits per heavy atom. The first-order valence-electron chi connectivity index (χ1n) is 9.18. The van der Waals surface area contributed by atoms with Crippen molar-refractivity contribution in [1.82, 2.24) is 25.1 Å². The zero-order valence-electron chi connectivity index (χ0n) is 15.9. The Morgan fingerprint density at radius 2 is 1.82 bits per heavy atom. The maximum absolute atomic E-state index is 13.0. The molecule has 1 aromatic heterocycles. The van der Waals surface area contributed by atoms with Gasteiger partial charge in [0.1, 0.15) is 12.1 Å². The van der Waals surface area contributed by atoms with Gasteiger partial charge in [-0.25, -0.2) is 4.68 Å². The fourth-order valence-corrected chi connectivity index (χ4v) is 3.48. The van der Waals surface area contributed by atoms with Crippen molar-refractivity contribution in [3.8, 4) is 11.4 Å². The average Bonchev–Trinajstić information content (AvgIpc) is 3.28. The summed E-state index contributed by atoms with van der Waals surface area (Å²) < 4.78 is 7.04. The van der Waals surface area contributed by atoms with E-state index in [1.165, 1.54) is 6.33 Å². The molecular formula is C20H22N6O2. The summed E-state index contributed by atoms with van der Waals surface area (Å²) in [4.78, 5) is 17.2. The Hall–Kier alpha value is -3.42. The van der Waals surface area contributed by atoms with Gasteiger partial charge in [0, 0.05) is 31.7 Å². The van der Waals surface area contributed by atoms with Gasteiger partial charge in [-0.15, -0.1) is 5.10 Å². The van der Waals surface area contributed by atoms with E-state index in [2.05, 4.69) is 26.5 Å². The molecule has 144 valence electrons. The summed E-state index contributed by atoms with van der Waals surface area (Å²) in [5, 5.41) is 11.3. The second-order valence-electron chi connectivity index (χ2n) is 6.71. The largest absolute Gasteiger partial charge is 0.495 e. The minimum Gasteiger partial charge on any atom is -0.495 e. The summed E-state index contributed by atoms with van der Waals surface area (Å²) in [6.45, 7) is 4.81. The fourth-order valence-electron chi connectivity index (χ4n) is 3.48. The summed E-state index contributed by atoms with van der Waals surface area (Å²) >= 11 is 0. The van der Waals surface area contributed by atoms with Gasteiger partial charge >= 0.3 is 0 Å². The lowest BCUT2D eigenvalue weighted by atomic mass is 10.1. The Bertz CT molecular complexity index is 965. The number of benzene rings is 2. The molecule has 2 aromatic carbocycles. The Balaban J connectivity index is 1.48. The van der Waals surface area contributed by atoms with Crippen molar-refractivity contribution in [2.24, 2.45) is 0 Å². The van der Waals surface area contributed by atoms with E-state index in [1.807, 2.05) is 48.2 Å². The van der Waals surface area contributed by atoms with Crippen molar-refractivity contribution in [2.75, 3.05) is 38.2 Å². The van der Waals surface area contributed by atoms with Crippen LogP contribution in [-0.4, -0.2) is 64.3 Å². The van der Waals surface area contributed by atoms with Crippen LogP contribution < -0.4 is 9.64 Å². The van der Waals surface area contributed by atoms with Crippen molar-refractivity contribution < 1.29 is 9.53 Å². The highest BCUT2D eigenvalue weighted by Gasteiger charge is 2.24. The summed E-state index contributed by atoms with van der Waals surface area (Å²) in [6, 6.07) is 13.6. The molecule has 1 aliphatic rings. The normalized spacial score (nSPS) is 14.2. The van der Waals surface area contributed by atoms with E-state index in [4.69, 9.17) is 4.74 Å². The minimum absolute atomic E-state index is 0.0222. The molecule has 8 nitrogen and oxygen atoms in total. The van der Waals surface area contributed by atoms with Gasteiger partial charge in [-0.2, -0.15) is 0 Å². The number of carbonyl (C=O) groups is 1. The number of ether oxygens (including phenoxy) is 1. The molecule has 0 aliphatic carbocycles. The van der Waals surface area contributed by atoms with E-state index >= 15 is 0 Å². The molecule has 1 saturated heterocycles. The van der Waals surface area contributed by atoms with Gasteiger partial charge in [0.05, 0.1) is 18.5 Å². The fraction of sp³-hybridized carbons (Fsp3) is 0.300. The van der Waals surface area contributed by atoms with Crippen LogP contribution in [0.4, 0.5) is 5.69 Å². The molecule has 1 amide bonds. The Labute approximate surface area is 163 Å². The predicted molar refractivity (Wildman–Crippen MR) is 105 cm³/mol. The summed E-state index contributed by atoms with van der Waals surface area (Å²) in [5.74, 6) is 0.876. The van der Waals surface area contributed by atoms with Crippen LogP contribution >= 0.6 is 0 Å². The molecule has 3 aromatic rings. The molecule has 0 unspecified atom stereocenters. The molecular weight excluding hydrogens is 356 g/mol. The predicted octanol–water partition coefficient (Wildman–Crippen LogP) is 1.94. The lowest BCUT2D eigenvalue weighted by Gasteiger charge is -2.36. The third-order valence-corrected chi connectivity index (χ3v) is 5.04. The maximum atomic E-state index is 13.0. The van der Waals surface area contributed by atoms with Crippen LogP contribution in [0, 0.1) is 6.92 Å². The number of methoxy groups -OCH3 is 1. The highest BCUT2D eigenvalue weighted by Crippen LogP contribution is 2.28. The standard InChI is InChI=1S/C20H22N6O2/c1-15-7-8-16(13-18(15)26-14-21-22-23-26)20(27)25-11-9-24(10-12-25)17-5-3-4-6-19(17)28-2/h3-8,13-14H,9-12H2,1-2H3. The van der Waals surface area contributed by atoms with Crippen molar-refractivity contribution in [3.05, 3.63) is 59.9 Å². The third-order valence-electron chi connectivity index (χ3n) is 5.04. The van der Waals surface area contributed by atoms with Crippen LogP contribution in [0.2, 0.25) is 0 Å². The zero-order chi connectivity index (χ0) is 19.5. The van der Waals surface area contributed by atoms with E-state index in [9.17, 15) is 4.79 Å². The van der Waals surface area contributed by atoms with Crippen LogP contribution in [0.15, 0.2) is 48.8 Å². The number of rotatable bonds is 4. The topological polar surface area (TPSA) is 76.4 Å². The lowest BCUT2D eigenvalue weighted by molar-refractivity contribution is 0.0746. The molecule has 1 aliphatic heterocycles. The zero-order valence-corrected chi connectivity index (χ0v) is 15.9. The van der Waals surface area contributed by atoms with Crippen molar-refractivity contribution in [1.29, 1.82) is 0 Å². The van der Waals surface area contributed by atoms with Gasteiger partial charge in [-0.1, -0.05) is 18.2 Å². The molecule has 1 fully saturated rings. The van der Waals surface area contributed by atoms with Gasteiger partial charge in [0.25, 0.3) is 5.91 Å². The van der Waals surface area contributed by atoms with Crippen molar-refractivity contribution in [2.45, 2.75) is 6.92 Å². The SMILES string of the molecule is COc1ccccc1N1CCN(C(=O)c2ccc(C)c(-n3cnnn3)c2)CC1. The van der Waals surface area contributed by atoms with Gasteiger partial charge < -0.3 is 14.5 Å². The van der Waals surface area contributed by atoms with Crippen LogP contribution in [-0.2, 0) is 0 Å². The lowest BCUT2D eigenvalue weighted by Crippen LogP contribution is -2.48. The van der Waals surface area contributed by atoms with Crippen LogP contribution in [0.3, 0.4) is 0 Å². The first-order valence-corrected chi connectivity index (χ1v) is 9.18. The molecule has 0 atom stereocenters. The smallest absolute Gasteiger partial charge is 0.254 e. The molecule has 0 radical (unpaired) electrons. The van der Waals surface area contributed by atoms with Crippen molar-refractivity contribution in [3.63, 3.8) is 0 Å². The molecule has 2 heterocycles. The monoisotopic (exact) mass is 378 g/mol. The number of hydrogen-bond donors (Lipinski definition) is 0.